The molecule has 108 valence electrons. The molecule has 1 aliphatic rings. The number of nitrogens with zero attached hydrogens (tertiary/aromatic N) is 1. The average molecular weight is 281 g/mol. The molecule has 1 aromatic heterocycles. The quantitative estimate of drug-likeness (QED) is 0.903. The van der Waals surface area contributed by atoms with Crippen molar-refractivity contribution in [2.75, 3.05) is 5.32 Å². The summed E-state index contributed by atoms with van der Waals surface area (Å²) in [6.07, 6.45) is 3.86. The highest BCUT2D eigenvalue weighted by molar-refractivity contribution is 5.92. The number of benzene rings is 1. The van der Waals surface area contributed by atoms with Crippen molar-refractivity contribution >= 4 is 17.3 Å². The number of pyridine rings is 1. The van der Waals surface area contributed by atoms with Gasteiger partial charge >= 0.3 is 0 Å². The molecule has 0 radical (unpaired) electrons. The lowest BCUT2D eigenvalue weighted by Gasteiger charge is -2.11. The first-order chi connectivity index (χ1) is 10.1. The van der Waals surface area contributed by atoms with Crippen molar-refractivity contribution < 1.29 is 4.79 Å². The van der Waals surface area contributed by atoms with Crippen LogP contribution in [0.3, 0.4) is 0 Å². The molecule has 0 spiro atoms. The third-order valence-corrected chi connectivity index (χ3v) is 3.79. The van der Waals surface area contributed by atoms with Gasteiger partial charge in [0, 0.05) is 11.7 Å². The number of amides is 1. The van der Waals surface area contributed by atoms with Gasteiger partial charge in [-0.05, 0) is 56.0 Å². The largest absolute Gasteiger partial charge is 0.354 e. The first-order valence-corrected chi connectivity index (χ1v) is 7.23. The van der Waals surface area contributed by atoms with Gasteiger partial charge in [0.05, 0.1) is 11.9 Å². The van der Waals surface area contributed by atoms with Crippen LogP contribution in [0.1, 0.15) is 34.5 Å². The van der Waals surface area contributed by atoms with Gasteiger partial charge in [-0.2, -0.15) is 0 Å². The van der Waals surface area contributed by atoms with Crippen LogP contribution >= 0.6 is 0 Å². The Morgan fingerprint density at radius 3 is 2.67 bits per heavy atom. The van der Waals surface area contributed by atoms with Crippen molar-refractivity contribution in [3.63, 3.8) is 0 Å². The molecule has 21 heavy (non-hydrogen) atoms. The minimum atomic E-state index is -0.0872. The third-order valence-electron chi connectivity index (χ3n) is 3.79. The molecule has 1 amide bonds. The van der Waals surface area contributed by atoms with E-state index in [2.05, 4.69) is 35.5 Å². The number of aryl methyl sites for hydroxylation is 1. The first kappa shape index (κ1) is 13.6. The highest BCUT2D eigenvalue weighted by Gasteiger charge is 2.24. The van der Waals surface area contributed by atoms with E-state index in [9.17, 15) is 4.79 Å². The lowest BCUT2D eigenvalue weighted by molar-refractivity contribution is 0.0946. The topological polar surface area (TPSA) is 54.0 Å². The number of anilines is 2. The van der Waals surface area contributed by atoms with Gasteiger partial charge < -0.3 is 10.6 Å². The first-order valence-electron chi connectivity index (χ1n) is 7.23. The average Bonchev–Trinajstić information content (AvgIpc) is 3.28. The Hall–Kier alpha value is -2.36. The molecule has 1 fully saturated rings. The summed E-state index contributed by atoms with van der Waals surface area (Å²) in [6.45, 7) is 4.17. The second-order valence-electron chi connectivity index (χ2n) is 5.55. The molecule has 1 heterocycles. The molecular weight excluding hydrogens is 262 g/mol. The van der Waals surface area contributed by atoms with E-state index >= 15 is 0 Å². The summed E-state index contributed by atoms with van der Waals surface area (Å²) < 4.78 is 0. The highest BCUT2D eigenvalue weighted by Crippen LogP contribution is 2.23. The molecule has 4 nitrogen and oxygen atoms in total. The predicted molar refractivity (Wildman–Crippen MR) is 83.9 cm³/mol. The lowest BCUT2D eigenvalue weighted by atomic mass is 10.1. The fraction of sp³-hybridized carbons (Fsp3) is 0.294. The fourth-order valence-electron chi connectivity index (χ4n) is 2.13. The van der Waals surface area contributed by atoms with E-state index in [4.69, 9.17) is 0 Å². The second kappa shape index (κ2) is 5.56. The summed E-state index contributed by atoms with van der Waals surface area (Å²) in [6, 6.07) is 10.1. The van der Waals surface area contributed by atoms with Crippen molar-refractivity contribution in [2.24, 2.45) is 0 Å². The summed E-state index contributed by atoms with van der Waals surface area (Å²) in [7, 11) is 0. The van der Waals surface area contributed by atoms with Gasteiger partial charge in [0.1, 0.15) is 5.69 Å². The molecule has 1 saturated carbocycles. The van der Waals surface area contributed by atoms with Gasteiger partial charge in [0.15, 0.2) is 0 Å². The number of rotatable bonds is 4. The van der Waals surface area contributed by atoms with Gasteiger partial charge in [-0.1, -0.05) is 12.1 Å². The van der Waals surface area contributed by atoms with Crippen LogP contribution in [-0.4, -0.2) is 16.9 Å². The van der Waals surface area contributed by atoms with E-state index in [1.165, 1.54) is 11.1 Å². The normalized spacial score (nSPS) is 13.8. The number of aromatic nitrogens is 1. The van der Waals surface area contributed by atoms with Gasteiger partial charge in [-0.3, -0.25) is 4.79 Å². The van der Waals surface area contributed by atoms with E-state index in [1.807, 2.05) is 18.2 Å². The van der Waals surface area contributed by atoms with Crippen molar-refractivity contribution in [3.8, 4) is 0 Å². The molecular formula is C17H19N3O. The van der Waals surface area contributed by atoms with Gasteiger partial charge in [0.25, 0.3) is 5.91 Å². The highest BCUT2D eigenvalue weighted by atomic mass is 16.2. The number of carbonyl (C=O) groups excluding carboxylic acids is 1. The number of hydrogen-bond donors (Lipinski definition) is 2. The van der Waals surface area contributed by atoms with Crippen LogP contribution in [0.5, 0.6) is 0 Å². The van der Waals surface area contributed by atoms with Gasteiger partial charge in [-0.15, -0.1) is 0 Å². The van der Waals surface area contributed by atoms with Crippen molar-refractivity contribution in [1.82, 2.24) is 10.3 Å². The Kier molecular flexibility index (Phi) is 3.60. The monoisotopic (exact) mass is 281 g/mol. The minimum absolute atomic E-state index is 0.0872. The van der Waals surface area contributed by atoms with Crippen molar-refractivity contribution in [2.45, 2.75) is 32.7 Å². The zero-order valence-electron chi connectivity index (χ0n) is 12.3. The van der Waals surface area contributed by atoms with Crippen LogP contribution in [0.2, 0.25) is 0 Å². The molecule has 1 aliphatic carbocycles. The second-order valence-corrected chi connectivity index (χ2v) is 5.55. The van der Waals surface area contributed by atoms with E-state index in [0.29, 0.717) is 11.7 Å². The van der Waals surface area contributed by atoms with Crippen LogP contribution in [-0.2, 0) is 0 Å². The summed E-state index contributed by atoms with van der Waals surface area (Å²) in [5.41, 5.74) is 4.87. The van der Waals surface area contributed by atoms with Crippen LogP contribution in [0.15, 0.2) is 36.5 Å². The molecule has 0 unspecified atom stereocenters. The maximum Gasteiger partial charge on any atom is 0.270 e. The van der Waals surface area contributed by atoms with Crippen molar-refractivity contribution in [1.29, 1.82) is 0 Å². The summed E-state index contributed by atoms with van der Waals surface area (Å²) in [5.74, 6) is -0.0872. The third kappa shape index (κ3) is 3.21. The number of carbonyl (C=O) groups is 1. The Morgan fingerprint density at radius 1 is 1.19 bits per heavy atom. The maximum absolute atomic E-state index is 11.9. The lowest BCUT2D eigenvalue weighted by Crippen LogP contribution is -2.26. The minimum Gasteiger partial charge on any atom is -0.354 e. The predicted octanol–water partition coefficient (Wildman–Crippen LogP) is 3.33. The van der Waals surface area contributed by atoms with Crippen LogP contribution < -0.4 is 10.6 Å². The van der Waals surface area contributed by atoms with Crippen LogP contribution in [0.4, 0.5) is 11.4 Å². The van der Waals surface area contributed by atoms with E-state index < -0.39 is 0 Å². The van der Waals surface area contributed by atoms with Crippen molar-refractivity contribution in [3.05, 3.63) is 53.3 Å². The Bertz CT molecular complexity index is 660. The molecule has 4 heteroatoms. The number of nitrogens with one attached hydrogen (secondary N) is 2. The molecule has 3 rings (SSSR count). The van der Waals surface area contributed by atoms with Crippen LogP contribution in [0.25, 0.3) is 0 Å². The Balaban J connectivity index is 1.71. The smallest absolute Gasteiger partial charge is 0.270 e. The summed E-state index contributed by atoms with van der Waals surface area (Å²) >= 11 is 0. The van der Waals surface area contributed by atoms with Crippen LogP contribution in [0, 0.1) is 13.8 Å². The Morgan fingerprint density at radius 2 is 2.00 bits per heavy atom. The zero-order chi connectivity index (χ0) is 14.8. The number of hydrogen-bond acceptors (Lipinski definition) is 3. The summed E-state index contributed by atoms with van der Waals surface area (Å²) in [5, 5.41) is 6.27. The van der Waals surface area contributed by atoms with E-state index in [-0.39, 0.29) is 5.91 Å². The molecule has 1 aromatic carbocycles. The fourth-order valence-corrected chi connectivity index (χ4v) is 2.13. The van der Waals surface area contributed by atoms with E-state index in [1.54, 1.807) is 12.3 Å². The van der Waals surface area contributed by atoms with Gasteiger partial charge in [0.2, 0.25) is 0 Å². The molecule has 0 aliphatic heterocycles. The molecule has 2 aromatic rings. The molecule has 2 N–H and O–H groups in total. The van der Waals surface area contributed by atoms with Gasteiger partial charge in [-0.25, -0.2) is 4.98 Å². The maximum atomic E-state index is 11.9. The molecule has 0 saturated heterocycles. The zero-order valence-corrected chi connectivity index (χ0v) is 12.3. The summed E-state index contributed by atoms with van der Waals surface area (Å²) in [4.78, 5) is 16.1. The molecule has 0 atom stereocenters. The SMILES string of the molecule is Cc1cccc(Nc2ccc(C(=O)NC3CC3)nc2)c1C. The van der Waals surface area contributed by atoms with E-state index in [0.717, 1.165) is 24.2 Å². The molecule has 0 bridgehead atoms. The Labute approximate surface area is 124 Å². The standard InChI is InChI=1S/C17H19N3O/c1-11-4-3-5-15(12(11)2)19-14-8-9-16(18-10-14)17(21)20-13-6-7-13/h3-5,8-10,13,19H,6-7H2,1-2H3,(H,20,21).